The van der Waals surface area contributed by atoms with E-state index in [0.717, 1.165) is 19.3 Å². The molecule has 0 amide bonds. The van der Waals surface area contributed by atoms with Gasteiger partial charge in [0.05, 0.1) is 31.8 Å². The van der Waals surface area contributed by atoms with Crippen LogP contribution in [0.1, 0.15) is 40.0 Å². The molecule has 0 heterocycles. The van der Waals surface area contributed by atoms with Gasteiger partial charge in [0.25, 0.3) is 0 Å². The maximum atomic E-state index is 11.6. The first-order valence-corrected chi connectivity index (χ1v) is 13.0. The summed E-state index contributed by atoms with van der Waals surface area (Å²) in [6.45, 7) is 14.9. The maximum absolute atomic E-state index is 11.6. The summed E-state index contributed by atoms with van der Waals surface area (Å²) in [6, 6.07) is 0. The minimum absolute atomic E-state index is 0. The van der Waals surface area contributed by atoms with E-state index in [1.807, 2.05) is 20.8 Å². The van der Waals surface area contributed by atoms with Crippen molar-refractivity contribution in [2.24, 2.45) is 5.41 Å². The second-order valence-corrected chi connectivity index (χ2v) is 8.36. The van der Waals surface area contributed by atoms with Crippen LogP contribution in [0.15, 0.2) is 0 Å². The molecule has 0 aromatic carbocycles. The van der Waals surface area contributed by atoms with Crippen LogP contribution >= 0.6 is 8.03 Å². The monoisotopic (exact) mass is 545 g/mol. The maximum Gasteiger partial charge on any atom is 0.188 e. The van der Waals surface area contributed by atoms with E-state index in [2.05, 4.69) is 0 Å². The van der Waals surface area contributed by atoms with Gasteiger partial charge in [-0.05, 0) is 40.0 Å². The molecule has 0 aliphatic heterocycles. The Kier molecular flexibility index (Phi) is 28.3. The van der Waals surface area contributed by atoms with E-state index in [-0.39, 0.29) is 39.3 Å². The normalized spacial score (nSPS) is 12.6. The van der Waals surface area contributed by atoms with Crippen LogP contribution in [0.25, 0.3) is 0 Å². The first-order valence-electron chi connectivity index (χ1n) is 11.2. The van der Waals surface area contributed by atoms with Gasteiger partial charge < -0.3 is 32.9 Å². The van der Waals surface area contributed by atoms with E-state index in [0.29, 0.717) is 79.3 Å². The Morgan fingerprint density at radius 2 is 0.903 bits per heavy atom. The van der Waals surface area contributed by atoms with E-state index in [1.54, 1.807) is 6.66 Å². The van der Waals surface area contributed by atoms with Crippen molar-refractivity contribution in [2.45, 2.75) is 40.0 Å². The van der Waals surface area contributed by atoms with Crippen molar-refractivity contribution in [3.63, 3.8) is 0 Å². The third-order valence-corrected chi connectivity index (χ3v) is 4.70. The number of hydrogen-bond acceptors (Lipinski definition) is 8. The molecule has 8 nitrogen and oxygen atoms in total. The molecule has 0 rings (SSSR count). The molecule has 0 aromatic rings. The van der Waals surface area contributed by atoms with E-state index >= 15 is 0 Å². The van der Waals surface area contributed by atoms with E-state index in [1.165, 1.54) is 0 Å². The van der Waals surface area contributed by atoms with Crippen molar-refractivity contribution < 1.29 is 70.2 Å². The molecule has 1 radical (unpaired) electrons. The van der Waals surface area contributed by atoms with Gasteiger partial charge in [0.2, 0.25) is 0 Å². The predicted molar refractivity (Wildman–Crippen MR) is 119 cm³/mol. The van der Waals surface area contributed by atoms with Crippen molar-refractivity contribution in [1.82, 2.24) is 0 Å². The summed E-state index contributed by atoms with van der Waals surface area (Å²) < 4.78 is 50.9. The summed E-state index contributed by atoms with van der Waals surface area (Å²) in [7, 11) is -2.07. The third-order valence-electron chi connectivity index (χ3n) is 4.15. The van der Waals surface area contributed by atoms with E-state index < -0.39 is 13.4 Å². The molecule has 0 fully saturated rings. The number of rotatable bonds is 24. The van der Waals surface area contributed by atoms with Gasteiger partial charge in [0.15, 0.2) is 8.03 Å². The zero-order valence-electron chi connectivity index (χ0n) is 20.2. The van der Waals surface area contributed by atoms with Gasteiger partial charge in [-0.15, -0.1) is 0 Å². The summed E-state index contributed by atoms with van der Waals surface area (Å²) in [4.78, 5) is 0. The van der Waals surface area contributed by atoms with Gasteiger partial charge in [-0.2, -0.15) is 0 Å². The Morgan fingerprint density at radius 1 is 0.581 bits per heavy atom. The summed E-state index contributed by atoms with van der Waals surface area (Å²) in [5.74, 6) is 0. The fourth-order valence-corrected chi connectivity index (χ4v) is 3.10. The molecule has 0 aliphatic rings. The zero-order chi connectivity index (χ0) is 22.3. The van der Waals surface area contributed by atoms with Crippen LogP contribution in [0.2, 0.25) is 0 Å². The average Bonchev–Trinajstić information content (AvgIpc) is 2.74. The predicted octanol–water partition coefficient (Wildman–Crippen LogP) is 3.42. The minimum Gasteiger partial charge on any atom is -0.382 e. The molecule has 1 unspecified atom stereocenters. The van der Waals surface area contributed by atoms with Gasteiger partial charge >= 0.3 is 0 Å². The molecule has 185 valence electrons. The Hall–Kier alpha value is 1.05. The van der Waals surface area contributed by atoms with Crippen LogP contribution in [0.4, 0.5) is 0 Å². The molecule has 0 bridgehead atoms. The van der Waals surface area contributed by atoms with Crippen LogP contribution in [-0.2, 0) is 70.2 Å². The number of hydrogen-bond donors (Lipinski definition) is 0. The van der Waals surface area contributed by atoms with Crippen molar-refractivity contribution in [2.75, 3.05) is 92.6 Å². The molecule has 0 aromatic heterocycles. The molecule has 1 atom stereocenters. The third kappa shape index (κ3) is 22.6. The van der Waals surface area contributed by atoms with Crippen molar-refractivity contribution in [1.29, 1.82) is 0 Å². The topological polar surface area (TPSA) is 81.7 Å². The number of ether oxygens (including phenoxy) is 6. The van der Waals surface area contributed by atoms with Crippen molar-refractivity contribution >= 4 is 8.03 Å². The first kappa shape index (κ1) is 34.2. The van der Waals surface area contributed by atoms with Gasteiger partial charge in [0, 0.05) is 98.8 Å². The van der Waals surface area contributed by atoms with Crippen LogP contribution in [0.5, 0.6) is 0 Å². The van der Waals surface area contributed by atoms with Gasteiger partial charge in [-0.25, -0.2) is 0 Å². The van der Waals surface area contributed by atoms with Gasteiger partial charge in [-0.1, -0.05) is 0 Å². The summed E-state index contributed by atoms with van der Waals surface area (Å²) in [6.07, 6.45) is 2.46. The van der Waals surface area contributed by atoms with Crippen molar-refractivity contribution in [3.05, 3.63) is 0 Å². The van der Waals surface area contributed by atoms with Crippen LogP contribution in [0, 0.1) is 5.41 Å². The largest absolute Gasteiger partial charge is 0.382 e. The van der Waals surface area contributed by atoms with Gasteiger partial charge in [-0.3, -0.25) is 4.57 Å². The van der Waals surface area contributed by atoms with Gasteiger partial charge in [0.1, 0.15) is 0 Å². The molecule has 0 saturated heterocycles. The second kappa shape index (κ2) is 25.7. The molecule has 0 aliphatic carbocycles. The van der Waals surface area contributed by atoms with Crippen LogP contribution < -0.4 is 0 Å². The standard InChI is InChI=1S/C21H45O8P.Y/c1-5-23-11-8-14-26-17-21(20-29-30(4)22,18-27-15-9-12-24-6-2)19-28-16-10-13-25-7-3;/h30H,5-20H2,1-4H3;. The van der Waals surface area contributed by atoms with Crippen LogP contribution in [-0.4, -0.2) is 92.6 Å². The average molecular weight is 545 g/mol. The smallest absolute Gasteiger partial charge is 0.188 e. The van der Waals surface area contributed by atoms with E-state index in [9.17, 15) is 4.57 Å². The van der Waals surface area contributed by atoms with Crippen molar-refractivity contribution in [3.8, 4) is 0 Å². The zero-order valence-corrected chi connectivity index (χ0v) is 24.0. The molecule has 0 N–H and O–H groups in total. The Labute approximate surface area is 215 Å². The summed E-state index contributed by atoms with van der Waals surface area (Å²) >= 11 is 0. The molecule has 0 spiro atoms. The Morgan fingerprint density at radius 3 is 1.19 bits per heavy atom. The Bertz CT molecular complexity index is 350. The minimum atomic E-state index is -2.07. The molecular formula is C21H45O8PY. The van der Waals surface area contributed by atoms with E-state index in [4.69, 9.17) is 32.9 Å². The molecule has 10 heteroatoms. The fourth-order valence-electron chi connectivity index (χ4n) is 2.59. The quantitative estimate of drug-likeness (QED) is 0.135. The fraction of sp³-hybridized carbons (Fsp3) is 1.00. The molecular weight excluding hydrogens is 500 g/mol. The second-order valence-electron chi connectivity index (χ2n) is 7.09. The molecule has 0 saturated carbocycles. The first-order chi connectivity index (χ1) is 14.6. The summed E-state index contributed by atoms with van der Waals surface area (Å²) in [5, 5.41) is 0. The SMILES string of the molecule is CCOCCCOCC(COCCCOCC)(COCCCOCC)CO[PH](C)=O.[Y]. The van der Waals surface area contributed by atoms with Crippen LogP contribution in [0.3, 0.4) is 0 Å². The molecule has 31 heavy (non-hydrogen) atoms. The summed E-state index contributed by atoms with van der Waals surface area (Å²) in [5.41, 5.74) is -0.515. The Balaban J connectivity index is 0.